The van der Waals surface area contributed by atoms with Gasteiger partial charge in [-0.15, -0.1) is 0 Å². The Kier molecular flexibility index (Phi) is 3.61. The second kappa shape index (κ2) is 5.40. The largest absolute Gasteiger partial charge is 0.363 e. The third kappa shape index (κ3) is 2.38. The minimum Gasteiger partial charge on any atom is -0.363 e. The molecule has 2 fully saturated rings. The highest BCUT2D eigenvalue weighted by molar-refractivity contribution is 5.64. The third-order valence-electron chi connectivity index (χ3n) is 4.66. The van der Waals surface area contributed by atoms with E-state index < -0.39 is 0 Å². The predicted molar refractivity (Wildman–Crippen MR) is 79.1 cm³/mol. The molecular formula is C15H21N3O2. The zero-order chi connectivity index (χ0) is 14.1. The van der Waals surface area contributed by atoms with Crippen LogP contribution < -0.4 is 4.90 Å². The Morgan fingerprint density at radius 2 is 2.05 bits per heavy atom. The molecule has 0 radical (unpaired) electrons. The SMILES string of the molecule is CN1CC[C@@H]2[C@@H](CCCN2c2ccccc2[N+](=O)[O-])C1. The number of anilines is 1. The van der Waals surface area contributed by atoms with Crippen molar-refractivity contribution in [2.45, 2.75) is 25.3 Å². The van der Waals surface area contributed by atoms with Crippen LogP contribution in [0.25, 0.3) is 0 Å². The molecule has 108 valence electrons. The first-order valence-electron chi connectivity index (χ1n) is 7.35. The lowest BCUT2D eigenvalue weighted by molar-refractivity contribution is -0.384. The van der Waals surface area contributed by atoms with Crippen molar-refractivity contribution in [1.29, 1.82) is 0 Å². The Bertz CT molecular complexity index is 506. The fourth-order valence-corrected chi connectivity index (χ4v) is 3.75. The highest BCUT2D eigenvalue weighted by atomic mass is 16.6. The van der Waals surface area contributed by atoms with Crippen molar-refractivity contribution >= 4 is 11.4 Å². The average Bonchev–Trinajstić information content (AvgIpc) is 2.46. The van der Waals surface area contributed by atoms with Crippen LogP contribution in [0.3, 0.4) is 0 Å². The summed E-state index contributed by atoms with van der Waals surface area (Å²) in [4.78, 5) is 15.7. The van der Waals surface area contributed by atoms with Crippen molar-refractivity contribution in [2.24, 2.45) is 5.92 Å². The summed E-state index contributed by atoms with van der Waals surface area (Å²) in [6, 6.07) is 7.63. The lowest BCUT2D eigenvalue weighted by Crippen LogP contribution is -2.53. The summed E-state index contributed by atoms with van der Waals surface area (Å²) >= 11 is 0. The molecule has 0 spiro atoms. The number of likely N-dealkylation sites (tertiary alicyclic amines) is 1. The summed E-state index contributed by atoms with van der Waals surface area (Å²) in [5.74, 6) is 0.641. The van der Waals surface area contributed by atoms with Crippen molar-refractivity contribution in [2.75, 3.05) is 31.6 Å². The van der Waals surface area contributed by atoms with E-state index in [0.29, 0.717) is 12.0 Å². The first kappa shape index (κ1) is 13.4. The summed E-state index contributed by atoms with van der Waals surface area (Å²) in [7, 11) is 2.17. The highest BCUT2D eigenvalue weighted by Crippen LogP contribution is 2.37. The molecule has 2 heterocycles. The van der Waals surface area contributed by atoms with Crippen LogP contribution in [-0.4, -0.2) is 42.5 Å². The van der Waals surface area contributed by atoms with Gasteiger partial charge in [0.2, 0.25) is 0 Å². The molecule has 2 aliphatic heterocycles. The van der Waals surface area contributed by atoms with Gasteiger partial charge in [0.15, 0.2) is 0 Å². The molecule has 0 aliphatic carbocycles. The van der Waals surface area contributed by atoms with E-state index in [1.807, 2.05) is 12.1 Å². The Hall–Kier alpha value is -1.62. The summed E-state index contributed by atoms with van der Waals surface area (Å²) < 4.78 is 0. The zero-order valence-corrected chi connectivity index (χ0v) is 11.9. The van der Waals surface area contributed by atoms with Gasteiger partial charge >= 0.3 is 0 Å². The van der Waals surface area contributed by atoms with Crippen molar-refractivity contribution in [3.8, 4) is 0 Å². The molecule has 1 aromatic carbocycles. The highest BCUT2D eigenvalue weighted by Gasteiger charge is 2.36. The summed E-state index contributed by atoms with van der Waals surface area (Å²) in [6.07, 6.45) is 3.47. The molecule has 5 heteroatoms. The second-order valence-electron chi connectivity index (χ2n) is 5.96. The number of hydrogen-bond donors (Lipinski definition) is 0. The number of nitrogens with zero attached hydrogens (tertiary/aromatic N) is 3. The van der Waals surface area contributed by atoms with E-state index >= 15 is 0 Å². The standard InChI is InChI=1S/C15H21N3O2/c1-16-10-8-13-12(11-16)5-4-9-17(13)14-6-2-3-7-15(14)18(19)20/h2-3,6-7,12-13H,4-5,8-11H2,1H3/t12-,13+/m0/s1. The minimum atomic E-state index is -0.256. The maximum atomic E-state index is 11.2. The zero-order valence-electron chi connectivity index (χ0n) is 11.9. The van der Waals surface area contributed by atoms with Crippen molar-refractivity contribution in [3.63, 3.8) is 0 Å². The predicted octanol–water partition coefficient (Wildman–Crippen LogP) is 2.52. The van der Waals surface area contributed by atoms with Gasteiger partial charge in [-0.2, -0.15) is 0 Å². The van der Waals surface area contributed by atoms with Crippen LogP contribution in [0.15, 0.2) is 24.3 Å². The van der Waals surface area contributed by atoms with E-state index in [1.54, 1.807) is 12.1 Å². The molecule has 3 rings (SSSR count). The van der Waals surface area contributed by atoms with Gasteiger partial charge in [0.25, 0.3) is 5.69 Å². The molecule has 0 unspecified atom stereocenters. The van der Waals surface area contributed by atoms with E-state index in [0.717, 1.165) is 38.2 Å². The molecule has 2 atom stereocenters. The molecule has 2 aliphatic rings. The molecule has 20 heavy (non-hydrogen) atoms. The smallest absolute Gasteiger partial charge is 0.292 e. The van der Waals surface area contributed by atoms with E-state index in [-0.39, 0.29) is 10.6 Å². The molecule has 0 bridgehead atoms. The Morgan fingerprint density at radius 3 is 2.85 bits per heavy atom. The number of hydrogen-bond acceptors (Lipinski definition) is 4. The van der Waals surface area contributed by atoms with Gasteiger partial charge in [0.05, 0.1) is 4.92 Å². The molecule has 5 nitrogen and oxygen atoms in total. The third-order valence-corrected chi connectivity index (χ3v) is 4.66. The van der Waals surface area contributed by atoms with Crippen LogP contribution in [-0.2, 0) is 0 Å². The molecule has 1 aromatic rings. The molecule has 0 saturated carbocycles. The molecule has 0 amide bonds. The molecule has 2 saturated heterocycles. The summed E-state index contributed by atoms with van der Waals surface area (Å²) in [5, 5.41) is 11.2. The van der Waals surface area contributed by atoms with Gasteiger partial charge in [0.1, 0.15) is 5.69 Å². The van der Waals surface area contributed by atoms with Crippen LogP contribution in [0.2, 0.25) is 0 Å². The number of nitro groups is 1. The number of fused-ring (bicyclic) bond motifs is 1. The monoisotopic (exact) mass is 275 g/mol. The van der Waals surface area contributed by atoms with Crippen molar-refractivity contribution in [1.82, 2.24) is 4.90 Å². The van der Waals surface area contributed by atoms with Crippen LogP contribution >= 0.6 is 0 Å². The van der Waals surface area contributed by atoms with E-state index in [4.69, 9.17) is 0 Å². The van der Waals surface area contributed by atoms with E-state index in [9.17, 15) is 10.1 Å². The van der Waals surface area contributed by atoms with Crippen LogP contribution in [0.4, 0.5) is 11.4 Å². The average molecular weight is 275 g/mol. The van der Waals surface area contributed by atoms with Crippen LogP contribution in [0.1, 0.15) is 19.3 Å². The van der Waals surface area contributed by atoms with Crippen molar-refractivity contribution in [3.05, 3.63) is 34.4 Å². The van der Waals surface area contributed by atoms with Gasteiger partial charge in [-0.1, -0.05) is 12.1 Å². The number of nitro benzene ring substituents is 1. The van der Waals surface area contributed by atoms with Crippen LogP contribution in [0.5, 0.6) is 0 Å². The summed E-state index contributed by atoms with van der Waals surface area (Å²) in [5.41, 5.74) is 1.05. The first-order valence-corrected chi connectivity index (χ1v) is 7.35. The number of piperidine rings is 2. The molecule has 0 aromatic heterocycles. The van der Waals surface area contributed by atoms with Gasteiger partial charge < -0.3 is 9.80 Å². The topological polar surface area (TPSA) is 49.6 Å². The van der Waals surface area contributed by atoms with Crippen molar-refractivity contribution < 1.29 is 4.92 Å². The van der Waals surface area contributed by atoms with Gasteiger partial charge in [-0.05, 0) is 44.8 Å². The normalized spacial score (nSPS) is 27.1. The van der Waals surface area contributed by atoms with E-state index in [1.165, 1.54) is 6.42 Å². The Balaban J connectivity index is 1.91. The Morgan fingerprint density at radius 1 is 1.25 bits per heavy atom. The number of benzene rings is 1. The maximum absolute atomic E-state index is 11.2. The fraction of sp³-hybridized carbons (Fsp3) is 0.600. The summed E-state index contributed by atoms with van der Waals surface area (Å²) in [6.45, 7) is 3.13. The molecule has 0 N–H and O–H groups in total. The maximum Gasteiger partial charge on any atom is 0.292 e. The number of rotatable bonds is 2. The quantitative estimate of drug-likeness (QED) is 0.614. The van der Waals surface area contributed by atoms with Crippen LogP contribution in [0, 0.1) is 16.0 Å². The number of para-hydroxylation sites is 2. The first-order chi connectivity index (χ1) is 9.66. The van der Waals surface area contributed by atoms with Gasteiger partial charge in [0, 0.05) is 25.2 Å². The van der Waals surface area contributed by atoms with Gasteiger partial charge in [-0.25, -0.2) is 0 Å². The van der Waals surface area contributed by atoms with Gasteiger partial charge in [-0.3, -0.25) is 10.1 Å². The second-order valence-corrected chi connectivity index (χ2v) is 5.96. The minimum absolute atomic E-state index is 0.243. The lowest BCUT2D eigenvalue weighted by Gasteiger charge is -2.47. The van der Waals surface area contributed by atoms with E-state index in [2.05, 4.69) is 16.8 Å². The molecular weight excluding hydrogens is 254 g/mol. The Labute approximate surface area is 119 Å². The lowest BCUT2D eigenvalue weighted by atomic mass is 9.83. The fourth-order valence-electron chi connectivity index (χ4n) is 3.75.